The van der Waals surface area contributed by atoms with Crippen molar-refractivity contribution in [2.45, 2.75) is 25.8 Å². The van der Waals surface area contributed by atoms with E-state index in [2.05, 4.69) is 5.10 Å². The Balaban J connectivity index is 0.00000192. The van der Waals surface area contributed by atoms with E-state index in [1.807, 2.05) is 61.5 Å². The fourth-order valence-corrected chi connectivity index (χ4v) is 2.51. The number of rotatable bonds is 3. The van der Waals surface area contributed by atoms with Gasteiger partial charge in [0, 0.05) is 18.9 Å². The highest BCUT2D eigenvalue weighted by Gasteiger charge is 2.22. The lowest BCUT2D eigenvalue weighted by Gasteiger charge is -2.23. The zero-order valence-corrected chi connectivity index (χ0v) is 13.8. The summed E-state index contributed by atoms with van der Waals surface area (Å²) in [6.07, 6.45) is 1.14. The molecular weight excluding hydrogens is 310 g/mol. The number of halogens is 1. The zero-order chi connectivity index (χ0) is 15.5. The monoisotopic (exact) mass is 329 g/mol. The Morgan fingerprint density at radius 2 is 1.70 bits per heavy atom. The van der Waals surface area contributed by atoms with Crippen LogP contribution >= 0.6 is 12.4 Å². The van der Waals surface area contributed by atoms with Gasteiger partial charge < -0.3 is 5.73 Å². The molecule has 0 saturated heterocycles. The number of hydrogen-bond donors (Lipinski definition) is 1. The molecule has 0 radical (unpaired) electrons. The van der Waals surface area contributed by atoms with E-state index in [4.69, 9.17) is 5.73 Å². The number of nitrogens with two attached hydrogens (primary N) is 1. The average molecular weight is 330 g/mol. The van der Waals surface area contributed by atoms with Gasteiger partial charge >= 0.3 is 0 Å². The topological polar surface area (TPSA) is 58.7 Å². The van der Waals surface area contributed by atoms with Gasteiger partial charge in [0.25, 0.3) is 0 Å². The largest absolute Gasteiger partial charge is 0.324 e. The molecule has 1 unspecified atom stereocenters. The first-order chi connectivity index (χ1) is 10.6. The second kappa shape index (κ2) is 7.40. The van der Waals surface area contributed by atoms with E-state index in [9.17, 15) is 4.79 Å². The molecule has 0 aliphatic carbocycles. The summed E-state index contributed by atoms with van der Waals surface area (Å²) in [5.74, 6) is 0.0298. The first-order valence-electron chi connectivity index (χ1n) is 7.46. The number of carbonyl (C=O) groups excluding carboxylic acids is 1. The highest BCUT2D eigenvalue weighted by Crippen LogP contribution is 2.22. The average Bonchev–Trinajstić information content (AvgIpc) is 2.56. The Labute approximate surface area is 142 Å². The van der Waals surface area contributed by atoms with E-state index >= 15 is 0 Å². The van der Waals surface area contributed by atoms with Crippen molar-refractivity contribution in [2.75, 3.05) is 5.01 Å². The van der Waals surface area contributed by atoms with E-state index in [0.717, 1.165) is 22.5 Å². The van der Waals surface area contributed by atoms with Crippen molar-refractivity contribution in [3.8, 4) is 0 Å². The molecule has 2 N–H and O–H groups in total. The van der Waals surface area contributed by atoms with Gasteiger partial charge in [-0.15, -0.1) is 12.4 Å². The lowest BCUT2D eigenvalue weighted by atomic mass is 10.0. The molecule has 3 rings (SSSR count). The minimum absolute atomic E-state index is 0. The summed E-state index contributed by atoms with van der Waals surface area (Å²) in [5, 5.41) is 6.05. The van der Waals surface area contributed by atoms with E-state index in [1.165, 1.54) is 5.01 Å². The number of carbonyl (C=O) groups is 1. The number of hydrogen-bond acceptors (Lipinski definition) is 3. The summed E-state index contributed by atoms with van der Waals surface area (Å²) in [7, 11) is 0. The van der Waals surface area contributed by atoms with Crippen LogP contribution < -0.4 is 10.7 Å². The number of anilines is 1. The van der Waals surface area contributed by atoms with Gasteiger partial charge in [-0.1, -0.05) is 42.5 Å². The fraction of sp³-hybridized carbons (Fsp3) is 0.222. The van der Waals surface area contributed by atoms with E-state index < -0.39 is 0 Å². The van der Waals surface area contributed by atoms with Crippen molar-refractivity contribution in [3.63, 3.8) is 0 Å². The molecule has 0 fully saturated rings. The molecule has 2 aromatic rings. The first-order valence-corrected chi connectivity index (χ1v) is 7.46. The molecular formula is C18H20ClN3O. The molecule has 1 amide bonds. The summed E-state index contributed by atoms with van der Waals surface area (Å²) < 4.78 is 0. The third-order valence-electron chi connectivity index (χ3n) is 3.80. The zero-order valence-electron chi connectivity index (χ0n) is 13.0. The fourth-order valence-electron chi connectivity index (χ4n) is 2.51. The maximum atomic E-state index is 12.1. The van der Waals surface area contributed by atoms with Crippen molar-refractivity contribution in [1.82, 2.24) is 0 Å². The molecule has 1 heterocycles. The van der Waals surface area contributed by atoms with Crippen LogP contribution in [0.3, 0.4) is 0 Å². The predicted octanol–water partition coefficient (Wildman–Crippen LogP) is 3.66. The van der Waals surface area contributed by atoms with Crippen LogP contribution in [0.4, 0.5) is 5.69 Å². The molecule has 2 aromatic carbocycles. The molecule has 0 aromatic heterocycles. The minimum Gasteiger partial charge on any atom is -0.324 e. The predicted molar refractivity (Wildman–Crippen MR) is 96.0 cm³/mol. The standard InChI is InChI=1S/C18H19N3O.ClH/c1-13(19)14-7-9-15(10-8-14)17-11-12-18(22)21(20-17)16-5-3-2-4-6-16;/h2-10,13H,11-12,19H2,1H3;1H. The smallest absolute Gasteiger partial charge is 0.247 e. The van der Waals surface area contributed by atoms with Crippen LogP contribution in [0.5, 0.6) is 0 Å². The molecule has 0 saturated carbocycles. The third-order valence-corrected chi connectivity index (χ3v) is 3.80. The van der Waals surface area contributed by atoms with Crippen LogP contribution in [0.15, 0.2) is 59.7 Å². The van der Waals surface area contributed by atoms with Crippen molar-refractivity contribution in [3.05, 3.63) is 65.7 Å². The van der Waals surface area contributed by atoms with E-state index in [-0.39, 0.29) is 24.4 Å². The minimum atomic E-state index is 0. The summed E-state index contributed by atoms with van der Waals surface area (Å²) in [6.45, 7) is 1.96. The highest BCUT2D eigenvalue weighted by atomic mass is 35.5. The molecule has 5 heteroatoms. The molecule has 0 bridgehead atoms. The molecule has 1 atom stereocenters. The van der Waals surface area contributed by atoms with Crippen LogP contribution in [0.25, 0.3) is 0 Å². The van der Waals surface area contributed by atoms with Crippen LogP contribution in [0, 0.1) is 0 Å². The molecule has 120 valence electrons. The van der Waals surface area contributed by atoms with Gasteiger partial charge in [-0.25, -0.2) is 5.01 Å². The van der Waals surface area contributed by atoms with Gasteiger partial charge in [-0.3, -0.25) is 4.79 Å². The number of nitrogens with zero attached hydrogens (tertiary/aromatic N) is 2. The summed E-state index contributed by atoms with van der Waals surface area (Å²) in [5.41, 5.74) is 9.74. The Bertz CT molecular complexity index is 696. The summed E-state index contributed by atoms with van der Waals surface area (Å²) >= 11 is 0. The van der Waals surface area contributed by atoms with Gasteiger partial charge in [-0.2, -0.15) is 5.10 Å². The maximum Gasteiger partial charge on any atom is 0.247 e. The van der Waals surface area contributed by atoms with Gasteiger partial charge in [-0.05, 0) is 30.2 Å². The lowest BCUT2D eigenvalue weighted by Crippen LogP contribution is -2.31. The lowest BCUT2D eigenvalue weighted by molar-refractivity contribution is -0.118. The number of hydrazone groups is 1. The van der Waals surface area contributed by atoms with Crippen LogP contribution in [0.1, 0.15) is 36.9 Å². The van der Waals surface area contributed by atoms with E-state index in [1.54, 1.807) is 0 Å². The molecule has 4 nitrogen and oxygen atoms in total. The van der Waals surface area contributed by atoms with Gasteiger partial charge in [0.05, 0.1) is 11.4 Å². The number of benzene rings is 2. The molecule has 1 aliphatic rings. The van der Waals surface area contributed by atoms with Crippen molar-refractivity contribution >= 4 is 29.7 Å². The van der Waals surface area contributed by atoms with Crippen LogP contribution in [-0.4, -0.2) is 11.6 Å². The van der Waals surface area contributed by atoms with Crippen molar-refractivity contribution in [1.29, 1.82) is 0 Å². The van der Waals surface area contributed by atoms with Crippen LogP contribution in [0.2, 0.25) is 0 Å². The second-order valence-electron chi connectivity index (χ2n) is 5.50. The molecule has 0 spiro atoms. The quantitative estimate of drug-likeness (QED) is 0.934. The number of para-hydroxylation sites is 1. The molecule has 23 heavy (non-hydrogen) atoms. The Morgan fingerprint density at radius 1 is 1.04 bits per heavy atom. The summed E-state index contributed by atoms with van der Waals surface area (Å²) in [4.78, 5) is 12.1. The Hall–Kier alpha value is -2.17. The van der Waals surface area contributed by atoms with Gasteiger partial charge in [0.1, 0.15) is 0 Å². The first kappa shape index (κ1) is 17.2. The maximum absolute atomic E-state index is 12.1. The number of amides is 1. The summed E-state index contributed by atoms with van der Waals surface area (Å²) in [6, 6.07) is 17.6. The van der Waals surface area contributed by atoms with Crippen LogP contribution in [-0.2, 0) is 4.79 Å². The normalized spacial score (nSPS) is 15.7. The highest BCUT2D eigenvalue weighted by molar-refractivity contribution is 6.08. The molecule has 1 aliphatic heterocycles. The van der Waals surface area contributed by atoms with Gasteiger partial charge in [0.15, 0.2) is 0 Å². The Kier molecular flexibility index (Phi) is 5.53. The third kappa shape index (κ3) is 3.78. The van der Waals surface area contributed by atoms with Crippen molar-refractivity contribution in [2.24, 2.45) is 10.8 Å². The van der Waals surface area contributed by atoms with E-state index in [0.29, 0.717) is 12.8 Å². The second-order valence-corrected chi connectivity index (χ2v) is 5.50. The van der Waals surface area contributed by atoms with Crippen molar-refractivity contribution < 1.29 is 4.79 Å². The Morgan fingerprint density at radius 3 is 2.30 bits per heavy atom. The SMILES string of the molecule is CC(N)c1ccc(C2=NN(c3ccccc3)C(=O)CC2)cc1.Cl. The van der Waals surface area contributed by atoms with Gasteiger partial charge in [0.2, 0.25) is 5.91 Å².